The van der Waals surface area contributed by atoms with Gasteiger partial charge in [-0.3, -0.25) is 20.4 Å². The highest BCUT2D eigenvalue weighted by Crippen LogP contribution is 2.17. The molecule has 0 bridgehead atoms. The lowest BCUT2D eigenvalue weighted by atomic mass is 10.0. The van der Waals surface area contributed by atoms with Crippen molar-refractivity contribution in [1.82, 2.24) is 0 Å². The van der Waals surface area contributed by atoms with Gasteiger partial charge in [-0.2, -0.15) is 10.2 Å². The van der Waals surface area contributed by atoms with E-state index in [0.29, 0.717) is 22.7 Å². The molecule has 0 atom stereocenters. The van der Waals surface area contributed by atoms with Gasteiger partial charge in [0, 0.05) is 11.4 Å². The van der Waals surface area contributed by atoms with Gasteiger partial charge in [0.1, 0.15) is 11.1 Å². The molecule has 0 unspecified atom stereocenters. The number of hydrogen-bond acceptors (Lipinski definition) is 9. The third-order valence-electron chi connectivity index (χ3n) is 5.30. The minimum atomic E-state index is -1.33. The van der Waals surface area contributed by atoms with Crippen LogP contribution in [0.5, 0.6) is 0 Å². The Labute approximate surface area is 226 Å². The van der Waals surface area contributed by atoms with Crippen LogP contribution in [-0.4, -0.2) is 51.2 Å². The number of carbonyl (C=O) groups excluding carboxylic acids is 3. The summed E-state index contributed by atoms with van der Waals surface area (Å²) in [5.74, 6) is -3.88. The van der Waals surface area contributed by atoms with E-state index < -0.39 is 29.5 Å². The van der Waals surface area contributed by atoms with Gasteiger partial charge in [-0.1, -0.05) is 0 Å². The average Bonchev–Trinajstić information content (AvgIpc) is 2.93. The van der Waals surface area contributed by atoms with E-state index in [1.807, 2.05) is 0 Å². The molecule has 40 heavy (non-hydrogen) atoms. The Bertz CT molecular complexity index is 1460. The first-order chi connectivity index (χ1) is 19.2. The molecule has 0 fully saturated rings. The minimum Gasteiger partial charge on any atom is -0.478 e. The fourth-order valence-electron chi connectivity index (χ4n) is 3.32. The molecule has 0 aliphatic heterocycles. The molecule has 0 radical (unpaired) electrons. The van der Waals surface area contributed by atoms with Gasteiger partial charge in [-0.05, 0) is 85.0 Å². The first-order valence-corrected chi connectivity index (χ1v) is 11.5. The minimum absolute atomic E-state index is 0.263. The lowest BCUT2D eigenvalue weighted by Crippen LogP contribution is -2.19. The standard InChI is InChI=1S/C27H20N6O7/c34-23-11-9-19(13-21(23)25(36)37)32-30-17-5-1-15(2-6-17)28-27(40)29-16-3-7-18(8-4-16)31-33-20-10-12-24(35)22(14-20)26(38)39/h1-14,30-31H,(H,36,37)(H,38,39)(H2,28,29,40)/b32-19+,33-20+. The van der Waals surface area contributed by atoms with Crippen LogP contribution in [0.15, 0.2) is 106 Å². The van der Waals surface area contributed by atoms with E-state index in [0.717, 1.165) is 12.2 Å². The van der Waals surface area contributed by atoms with E-state index in [-0.39, 0.29) is 22.6 Å². The van der Waals surface area contributed by atoms with Gasteiger partial charge in [0.2, 0.25) is 0 Å². The number of benzene rings is 2. The van der Waals surface area contributed by atoms with Crippen molar-refractivity contribution in [1.29, 1.82) is 0 Å². The van der Waals surface area contributed by atoms with Gasteiger partial charge < -0.3 is 20.8 Å². The van der Waals surface area contributed by atoms with E-state index in [1.54, 1.807) is 48.5 Å². The Kier molecular flexibility index (Phi) is 8.05. The summed E-state index contributed by atoms with van der Waals surface area (Å²) in [6.45, 7) is 0. The zero-order valence-electron chi connectivity index (χ0n) is 20.4. The van der Waals surface area contributed by atoms with Crippen LogP contribution in [0.4, 0.5) is 27.5 Å². The lowest BCUT2D eigenvalue weighted by Gasteiger charge is -2.10. The molecule has 2 aromatic rings. The molecule has 0 aromatic heterocycles. The smallest absolute Gasteiger partial charge is 0.339 e. The van der Waals surface area contributed by atoms with Crippen molar-refractivity contribution in [2.24, 2.45) is 10.2 Å². The van der Waals surface area contributed by atoms with E-state index >= 15 is 0 Å². The topological polar surface area (TPSA) is 199 Å². The molecule has 0 heterocycles. The first kappa shape index (κ1) is 26.9. The number of allylic oxidation sites excluding steroid dienone is 6. The zero-order valence-corrected chi connectivity index (χ0v) is 20.4. The van der Waals surface area contributed by atoms with Crippen molar-refractivity contribution in [2.45, 2.75) is 0 Å². The fourth-order valence-corrected chi connectivity index (χ4v) is 3.32. The molecule has 13 heteroatoms. The van der Waals surface area contributed by atoms with E-state index in [1.165, 1.54) is 24.3 Å². The van der Waals surface area contributed by atoms with Gasteiger partial charge in [-0.25, -0.2) is 14.4 Å². The van der Waals surface area contributed by atoms with Gasteiger partial charge >= 0.3 is 18.0 Å². The van der Waals surface area contributed by atoms with E-state index in [4.69, 9.17) is 10.2 Å². The van der Waals surface area contributed by atoms with Gasteiger partial charge in [-0.15, -0.1) is 0 Å². The number of carbonyl (C=O) groups is 5. The summed E-state index contributed by atoms with van der Waals surface area (Å²) < 4.78 is 0. The summed E-state index contributed by atoms with van der Waals surface area (Å²) in [4.78, 5) is 57.6. The van der Waals surface area contributed by atoms with Crippen LogP contribution >= 0.6 is 0 Å². The largest absolute Gasteiger partial charge is 0.478 e. The molecule has 2 aliphatic rings. The molecule has 2 aromatic carbocycles. The number of nitrogens with zero attached hydrogens (tertiary/aromatic N) is 2. The van der Waals surface area contributed by atoms with Crippen molar-refractivity contribution in [3.05, 3.63) is 96.1 Å². The van der Waals surface area contributed by atoms with Crippen molar-refractivity contribution >= 4 is 63.7 Å². The Morgan fingerprint density at radius 1 is 0.550 bits per heavy atom. The molecular weight excluding hydrogens is 520 g/mol. The number of nitrogens with one attached hydrogen (secondary N) is 4. The zero-order chi connectivity index (χ0) is 28.6. The van der Waals surface area contributed by atoms with Crippen molar-refractivity contribution in [3.8, 4) is 0 Å². The highest BCUT2D eigenvalue weighted by atomic mass is 16.4. The van der Waals surface area contributed by atoms with Crippen LogP contribution in [0.1, 0.15) is 0 Å². The van der Waals surface area contributed by atoms with Crippen molar-refractivity contribution in [3.63, 3.8) is 0 Å². The van der Waals surface area contributed by atoms with Crippen LogP contribution in [0, 0.1) is 0 Å². The van der Waals surface area contributed by atoms with Gasteiger partial charge in [0.25, 0.3) is 0 Å². The quantitative estimate of drug-likeness (QED) is 0.165. The number of anilines is 4. The van der Waals surface area contributed by atoms with Crippen LogP contribution in [0.2, 0.25) is 0 Å². The SMILES string of the molecule is O=C(Nc1ccc(N/N=C2\C=CC(=O)C(C(=O)O)=C2)cc1)Nc1ccc(N/N=C2\C=CC(=O)C(C(=O)O)=C2)cc1. The Morgan fingerprint density at radius 3 is 1.25 bits per heavy atom. The second kappa shape index (κ2) is 12.0. The first-order valence-electron chi connectivity index (χ1n) is 11.5. The third kappa shape index (κ3) is 7.01. The molecule has 2 amide bonds. The highest BCUT2D eigenvalue weighted by Gasteiger charge is 2.19. The summed E-state index contributed by atoms with van der Waals surface area (Å²) >= 11 is 0. The van der Waals surface area contributed by atoms with Crippen LogP contribution in [-0.2, 0) is 19.2 Å². The summed E-state index contributed by atoms with van der Waals surface area (Å²) in [7, 11) is 0. The number of hydrazone groups is 2. The number of urea groups is 1. The Balaban J connectivity index is 1.28. The molecule has 6 N–H and O–H groups in total. The number of ketones is 2. The van der Waals surface area contributed by atoms with E-state index in [2.05, 4.69) is 31.7 Å². The maximum absolute atomic E-state index is 12.4. The van der Waals surface area contributed by atoms with E-state index in [9.17, 15) is 24.0 Å². The molecule has 200 valence electrons. The molecule has 2 aliphatic carbocycles. The fraction of sp³-hybridized carbons (Fsp3) is 0. The molecule has 4 rings (SSSR count). The van der Waals surface area contributed by atoms with Crippen LogP contribution in [0.3, 0.4) is 0 Å². The number of carboxylic acids is 2. The van der Waals surface area contributed by atoms with Crippen molar-refractivity contribution < 1.29 is 34.2 Å². The predicted octanol–water partition coefficient (Wildman–Crippen LogP) is 3.17. The average molecular weight is 540 g/mol. The molecule has 0 saturated heterocycles. The summed E-state index contributed by atoms with van der Waals surface area (Å²) in [5.41, 5.74) is 7.38. The summed E-state index contributed by atoms with van der Waals surface area (Å²) in [5, 5.41) is 31.6. The molecule has 13 nitrogen and oxygen atoms in total. The number of amides is 2. The molecule has 0 saturated carbocycles. The third-order valence-corrected chi connectivity index (χ3v) is 5.30. The number of aliphatic carboxylic acids is 2. The highest BCUT2D eigenvalue weighted by molar-refractivity contribution is 6.30. The van der Waals surface area contributed by atoms with Crippen LogP contribution < -0.4 is 21.5 Å². The monoisotopic (exact) mass is 540 g/mol. The maximum atomic E-state index is 12.4. The second-order valence-corrected chi connectivity index (χ2v) is 8.15. The van der Waals surface area contributed by atoms with Crippen molar-refractivity contribution in [2.75, 3.05) is 21.5 Å². The summed E-state index contributed by atoms with van der Waals surface area (Å²) in [6.07, 6.45) is 7.37. The van der Waals surface area contributed by atoms with Crippen LogP contribution in [0.25, 0.3) is 0 Å². The van der Waals surface area contributed by atoms with Gasteiger partial charge in [0.15, 0.2) is 11.6 Å². The molecule has 0 spiro atoms. The lowest BCUT2D eigenvalue weighted by molar-refractivity contribution is -0.135. The maximum Gasteiger partial charge on any atom is 0.339 e. The predicted molar refractivity (Wildman–Crippen MR) is 147 cm³/mol. The normalized spacial score (nSPS) is 16.3. The number of hydrogen-bond donors (Lipinski definition) is 6. The molecular formula is C27H20N6O7. The number of carboxylic acid groups (broad SMARTS) is 2. The Morgan fingerprint density at radius 2 is 0.900 bits per heavy atom. The summed E-state index contributed by atoms with van der Waals surface area (Å²) in [6, 6.07) is 12.6. The number of rotatable bonds is 8. The Hall–Kier alpha value is -6.11. The van der Waals surface area contributed by atoms with Gasteiger partial charge in [0.05, 0.1) is 22.8 Å². The second-order valence-electron chi connectivity index (χ2n) is 8.15.